The Bertz CT molecular complexity index is 419. The number of hydrogen-bond donors (Lipinski definition) is 1. The van der Waals surface area contributed by atoms with Gasteiger partial charge in [0.1, 0.15) is 5.75 Å². The Hall–Kier alpha value is -1.09. The predicted octanol–water partition coefficient (Wildman–Crippen LogP) is 2.72. The maximum atomic E-state index is 5.75. The first-order chi connectivity index (χ1) is 8.72. The standard InChI is InChI=1S/C15H22N2O/c1-10(2)18-14-6-12(8-16-9-14)15-7-13-5-11(15)3-4-17-13/h6,8-11,13,15,17H,3-5,7H2,1-2H3. The normalized spacial score (nSPS) is 30.7. The Morgan fingerprint density at radius 2 is 2.22 bits per heavy atom. The fourth-order valence-electron chi connectivity index (χ4n) is 3.47. The number of piperidine rings is 1. The van der Waals surface area contributed by atoms with Gasteiger partial charge in [0, 0.05) is 12.2 Å². The molecule has 2 heterocycles. The van der Waals surface area contributed by atoms with Gasteiger partial charge in [-0.15, -0.1) is 0 Å². The van der Waals surface area contributed by atoms with Crippen molar-refractivity contribution >= 4 is 0 Å². The van der Waals surface area contributed by atoms with Crippen LogP contribution in [0.1, 0.15) is 44.6 Å². The number of ether oxygens (including phenoxy) is 1. The summed E-state index contributed by atoms with van der Waals surface area (Å²) in [6, 6.07) is 2.92. The number of aromatic nitrogens is 1. The summed E-state index contributed by atoms with van der Waals surface area (Å²) >= 11 is 0. The summed E-state index contributed by atoms with van der Waals surface area (Å²) in [6.45, 7) is 5.29. The molecule has 3 rings (SSSR count). The highest BCUT2D eigenvalue weighted by Crippen LogP contribution is 2.43. The average Bonchev–Trinajstić information content (AvgIpc) is 2.64. The number of nitrogens with one attached hydrogen (secondary N) is 1. The van der Waals surface area contributed by atoms with E-state index in [1.807, 2.05) is 12.4 Å². The summed E-state index contributed by atoms with van der Waals surface area (Å²) in [5, 5.41) is 3.61. The van der Waals surface area contributed by atoms with Crippen molar-refractivity contribution in [3.63, 3.8) is 0 Å². The van der Waals surface area contributed by atoms with Gasteiger partial charge in [-0.25, -0.2) is 0 Å². The first kappa shape index (κ1) is 12.0. The van der Waals surface area contributed by atoms with Crippen LogP contribution in [-0.2, 0) is 0 Å². The van der Waals surface area contributed by atoms with Gasteiger partial charge >= 0.3 is 0 Å². The van der Waals surface area contributed by atoms with Crippen molar-refractivity contribution in [2.75, 3.05) is 6.54 Å². The molecule has 2 aliphatic rings. The van der Waals surface area contributed by atoms with E-state index < -0.39 is 0 Å². The maximum Gasteiger partial charge on any atom is 0.138 e. The Morgan fingerprint density at radius 3 is 3.00 bits per heavy atom. The van der Waals surface area contributed by atoms with E-state index in [1.165, 1.54) is 31.4 Å². The maximum absolute atomic E-state index is 5.75. The van der Waals surface area contributed by atoms with Crippen LogP contribution < -0.4 is 10.1 Å². The van der Waals surface area contributed by atoms with E-state index in [2.05, 4.69) is 30.2 Å². The zero-order valence-corrected chi connectivity index (χ0v) is 11.2. The highest BCUT2D eigenvalue weighted by molar-refractivity contribution is 5.28. The molecule has 1 aliphatic heterocycles. The molecule has 3 heteroatoms. The molecule has 1 N–H and O–H groups in total. The van der Waals surface area contributed by atoms with Gasteiger partial charge in [0.2, 0.25) is 0 Å². The zero-order chi connectivity index (χ0) is 12.5. The minimum Gasteiger partial charge on any atom is -0.489 e. The molecule has 1 aromatic rings. The fraction of sp³-hybridized carbons (Fsp3) is 0.667. The molecule has 0 radical (unpaired) electrons. The smallest absolute Gasteiger partial charge is 0.138 e. The Balaban J connectivity index is 1.79. The molecule has 0 spiro atoms. The average molecular weight is 246 g/mol. The number of pyridine rings is 1. The van der Waals surface area contributed by atoms with E-state index in [0.29, 0.717) is 5.92 Å². The van der Waals surface area contributed by atoms with Gasteiger partial charge in [-0.3, -0.25) is 4.98 Å². The second-order valence-electron chi connectivity index (χ2n) is 5.90. The third-order valence-corrected chi connectivity index (χ3v) is 4.18. The van der Waals surface area contributed by atoms with Crippen LogP contribution in [0.5, 0.6) is 5.75 Å². The quantitative estimate of drug-likeness (QED) is 0.890. The summed E-state index contributed by atoms with van der Waals surface area (Å²) in [7, 11) is 0. The minimum absolute atomic E-state index is 0.214. The predicted molar refractivity (Wildman–Crippen MR) is 71.9 cm³/mol. The van der Waals surface area contributed by atoms with Crippen LogP contribution in [0.15, 0.2) is 18.5 Å². The van der Waals surface area contributed by atoms with E-state index >= 15 is 0 Å². The van der Waals surface area contributed by atoms with Crippen LogP contribution in [0, 0.1) is 5.92 Å². The summed E-state index contributed by atoms with van der Waals surface area (Å²) in [5.74, 6) is 2.43. The second-order valence-corrected chi connectivity index (χ2v) is 5.90. The van der Waals surface area contributed by atoms with Crippen molar-refractivity contribution in [3.8, 4) is 5.75 Å². The van der Waals surface area contributed by atoms with Crippen molar-refractivity contribution in [2.24, 2.45) is 5.92 Å². The molecule has 0 amide bonds. The van der Waals surface area contributed by atoms with Crippen LogP contribution >= 0.6 is 0 Å². The lowest BCUT2D eigenvalue weighted by molar-refractivity contribution is 0.241. The molecule has 1 saturated carbocycles. The molecular weight excluding hydrogens is 224 g/mol. The van der Waals surface area contributed by atoms with Gasteiger partial charge < -0.3 is 10.1 Å². The zero-order valence-electron chi connectivity index (χ0n) is 11.2. The molecule has 3 nitrogen and oxygen atoms in total. The lowest BCUT2D eigenvalue weighted by Gasteiger charge is -2.22. The van der Waals surface area contributed by atoms with Gasteiger partial charge in [-0.1, -0.05) is 0 Å². The number of fused-ring (bicyclic) bond motifs is 2. The van der Waals surface area contributed by atoms with Crippen LogP contribution in [0.3, 0.4) is 0 Å². The third kappa shape index (κ3) is 2.37. The number of rotatable bonds is 3. The Labute approximate surface area is 109 Å². The molecule has 1 saturated heterocycles. The molecule has 0 aromatic carbocycles. The summed E-state index contributed by atoms with van der Waals surface area (Å²) < 4.78 is 5.75. The van der Waals surface area contributed by atoms with Gasteiger partial charge in [0.15, 0.2) is 0 Å². The summed E-state index contributed by atoms with van der Waals surface area (Å²) in [4.78, 5) is 4.35. The van der Waals surface area contributed by atoms with Crippen LogP contribution in [0.25, 0.3) is 0 Å². The largest absolute Gasteiger partial charge is 0.489 e. The van der Waals surface area contributed by atoms with E-state index in [9.17, 15) is 0 Å². The monoisotopic (exact) mass is 246 g/mol. The molecule has 2 bridgehead atoms. The fourth-order valence-corrected chi connectivity index (χ4v) is 3.47. The van der Waals surface area contributed by atoms with E-state index in [4.69, 9.17) is 4.74 Å². The van der Waals surface area contributed by atoms with Crippen molar-refractivity contribution < 1.29 is 4.74 Å². The molecule has 1 aromatic heterocycles. The first-order valence-corrected chi connectivity index (χ1v) is 7.07. The van der Waals surface area contributed by atoms with E-state index in [1.54, 1.807) is 0 Å². The molecule has 3 unspecified atom stereocenters. The Kier molecular flexibility index (Phi) is 3.25. The summed E-state index contributed by atoms with van der Waals surface area (Å²) in [5.41, 5.74) is 1.37. The number of hydrogen-bond acceptors (Lipinski definition) is 3. The van der Waals surface area contributed by atoms with Gasteiger partial charge in [-0.2, -0.15) is 0 Å². The van der Waals surface area contributed by atoms with Crippen molar-refractivity contribution in [3.05, 3.63) is 24.0 Å². The van der Waals surface area contributed by atoms with Crippen molar-refractivity contribution in [2.45, 2.75) is 51.2 Å². The number of nitrogens with zero attached hydrogens (tertiary/aromatic N) is 1. The Morgan fingerprint density at radius 1 is 1.33 bits per heavy atom. The lowest BCUT2D eigenvalue weighted by Crippen LogP contribution is -2.31. The third-order valence-electron chi connectivity index (χ3n) is 4.18. The van der Waals surface area contributed by atoms with Crippen molar-refractivity contribution in [1.82, 2.24) is 10.3 Å². The summed E-state index contributed by atoms with van der Waals surface area (Å²) in [6.07, 6.45) is 7.96. The topological polar surface area (TPSA) is 34.1 Å². The molecular formula is C15H22N2O. The van der Waals surface area contributed by atoms with Crippen molar-refractivity contribution in [1.29, 1.82) is 0 Å². The molecule has 18 heavy (non-hydrogen) atoms. The van der Waals surface area contributed by atoms with Crippen LogP contribution in [-0.4, -0.2) is 23.7 Å². The highest BCUT2D eigenvalue weighted by Gasteiger charge is 2.37. The van der Waals surface area contributed by atoms with Gasteiger partial charge in [0.25, 0.3) is 0 Å². The van der Waals surface area contributed by atoms with Gasteiger partial charge in [-0.05, 0) is 63.1 Å². The lowest BCUT2D eigenvalue weighted by atomic mass is 9.87. The van der Waals surface area contributed by atoms with Crippen LogP contribution in [0.2, 0.25) is 0 Å². The SMILES string of the molecule is CC(C)Oc1cncc(C2CC3CC2CCN3)c1. The van der Waals surface area contributed by atoms with E-state index in [0.717, 1.165) is 17.7 Å². The highest BCUT2D eigenvalue weighted by atomic mass is 16.5. The minimum atomic E-state index is 0.214. The molecule has 1 aliphatic carbocycles. The molecule has 2 fully saturated rings. The molecule has 98 valence electrons. The first-order valence-electron chi connectivity index (χ1n) is 7.07. The molecule has 3 atom stereocenters. The van der Waals surface area contributed by atoms with Gasteiger partial charge in [0.05, 0.1) is 12.3 Å². The van der Waals surface area contributed by atoms with Crippen LogP contribution in [0.4, 0.5) is 0 Å². The van der Waals surface area contributed by atoms with E-state index in [-0.39, 0.29) is 6.10 Å². The second kappa shape index (κ2) is 4.88.